The number of hydroxylamine groups is 1. The van der Waals surface area contributed by atoms with Crippen molar-refractivity contribution in [2.45, 2.75) is 6.92 Å². The molecule has 0 saturated carbocycles. The van der Waals surface area contributed by atoms with Gasteiger partial charge in [-0.15, -0.1) is 0 Å². The first-order valence-electron chi connectivity index (χ1n) is 8.14. The Morgan fingerprint density at radius 3 is 2.78 bits per heavy atom. The number of rotatable bonds is 5. The Hall–Kier alpha value is -2.48. The molecule has 1 aliphatic heterocycles. The highest BCUT2D eigenvalue weighted by Crippen LogP contribution is 2.46. The van der Waals surface area contributed by atoms with Gasteiger partial charge in [0.05, 0.1) is 35.7 Å². The molecule has 2 aromatic carbocycles. The normalized spacial score (nSPS) is 13.0. The molecule has 142 valence electrons. The summed E-state index contributed by atoms with van der Waals surface area (Å²) >= 11 is 13.1. The number of nitrogens with zero attached hydrogens (tertiary/aromatic N) is 2. The van der Waals surface area contributed by atoms with Crippen LogP contribution in [0.5, 0.6) is 5.75 Å². The fourth-order valence-corrected chi connectivity index (χ4v) is 3.48. The molecule has 1 amide bonds. The van der Waals surface area contributed by atoms with Crippen LogP contribution in [0, 0.1) is 0 Å². The van der Waals surface area contributed by atoms with Crippen molar-refractivity contribution in [1.29, 1.82) is 0 Å². The van der Waals surface area contributed by atoms with E-state index in [0.717, 1.165) is 11.3 Å². The van der Waals surface area contributed by atoms with Crippen molar-refractivity contribution >= 4 is 46.3 Å². The zero-order valence-electron chi connectivity index (χ0n) is 14.8. The lowest BCUT2D eigenvalue weighted by molar-refractivity contribution is 0.0364. The number of fused-ring (bicyclic) bond motifs is 1. The number of carbonyl (C=O) groups is 1. The van der Waals surface area contributed by atoms with Gasteiger partial charge in [0.1, 0.15) is 23.3 Å². The van der Waals surface area contributed by atoms with Crippen molar-refractivity contribution in [2.24, 2.45) is 10.7 Å². The lowest BCUT2D eigenvalue weighted by Crippen LogP contribution is -2.30. The Morgan fingerprint density at radius 2 is 2.07 bits per heavy atom. The van der Waals surface area contributed by atoms with Gasteiger partial charge in [0, 0.05) is 5.56 Å². The van der Waals surface area contributed by atoms with Crippen LogP contribution in [0.25, 0.3) is 0 Å². The van der Waals surface area contributed by atoms with Gasteiger partial charge in [-0.05, 0) is 25.1 Å². The minimum absolute atomic E-state index is 0.156. The molecule has 1 aliphatic rings. The first-order chi connectivity index (χ1) is 13.0. The zero-order chi connectivity index (χ0) is 19.6. The summed E-state index contributed by atoms with van der Waals surface area (Å²) in [6.45, 7) is 2.26. The van der Waals surface area contributed by atoms with Gasteiger partial charge in [-0.3, -0.25) is 9.63 Å². The summed E-state index contributed by atoms with van der Waals surface area (Å²) in [5.41, 5.74) is 10.4. The first kappa shape index (κ1) is 19.3. The van der Waals surface area contributed by atoms with E-state index in [1.807, 2.05) is 24.3 Å². The second-order valence-corrected chi connectivity index (χ2v) is 6.35. The third-order valence-electron chi connectivity index (χ3n) is 4.04. The number of hydrogen-bond acceptors (Lipinski definition) is 6. The average molecular weight is 409 g/mol. The number of halogens is 2. The topological polar surface area (TPSA) is 89.2 Å². The van der Waals surface area contributed by atoms with Gasteiger partial charge in [-0.2, -0.15) is 0 Å². The van der Waals surface area contributed by atoms with Crippen LogP contribution in [0.4, 0.5) is 11.4 Å². The fraction of sp³-hybridized carbons (Fsp3) is 0.222. The summed E-state index contributed by atoms with van der Waals surface area (Å²) in [5, 5.41) is 0.421. The Morgan fingerprint density at radius 1 is 1.33 bits per heavy atom. The van der Waals surface area contributed by atoms with Gasteiger partial charge in [0.15, 0.2) is 0 Å². The number of ether oxygens (including phenoxy) is 1. The van der Waals surface area contributed by atoms with Gasteiger partial charge in [-0.1, -0.05) is 35.3 Å². The highest BCUT2D eigenvalue weighted by molar-refractivity contribution is 6.42. The molecule has 1 heterocycles. The number of methoxy groups -OCH3 is 1. The van der Waals surface area contributed by atoms with E-state index in [9.17, 15) is 4.79 Å². The molecule has 7 nitrogen and oxygen atoms in total. The van der Waals surface area contributed by atoms with Gasteiger partial charge in [-0.25, -0.2) is 10.5 Å². The van der Waals surface area contributed by atoms with Crippen molar-refractivity contribution in [2.75, 3.05) is 25.3 Å². The van der Waals surface area contributed by atoms with Crippen LogP contribution in [0.15, 0.2) is 35.3 Å². The Kier molecular flexibility index (Phi) is 5.74. The highest BCUT2D eigenvalue weighted by atomic mass is 35.5. The number of nitrogens with two attached hydrogens (primary N) is 1. The molecule has 0 bridgehead atoms. The monoisotopic (exact) mass is 408 g/mol. The maximum absolute atomic E-state index is 12.5. The summed E-state index contributed by atoms with van der Waals surface area (Å²) < 4.78 is 5.34. The first-order valence-corrected chi connectivity index (χ1v) is 8.90. The summed E-state index contributed by atoms with van der Waals surface area (Å²) in [6.07, 6.45) is 0. The van der Waals surface area contributed by atoms with Crippen LogP contribution in [0.3, 0.4) is 0 Å². The Bertz CT molecular complexity index is 918. The van der Waals surface area contributed by atoms with E-state index in [4.69, 9.17) is 38.5 Å². The second kappa shape index (κ2) is 8.04. The number of amidine groups is 1. The number of nitrogens with one attached hydrogen (secondary N) is 1. The van der Waals surface area contributed by atoms with Crippen molar-refractivity contribution < 1.29 is 14.4 Å². The predicted molar refractivity (Wildman–Crippen MR) is 106 cm³/mol. The molecule has 27 heavy (non-hydrogen) atoms. The molecule has 0 unspecified atom stereocenters. The summed E-state index contributed by atoms with van der Waals surface area (Å²) in [7, 11) is 1.46. The van der Waals surface area contributed by atoms with Gasteiger partial charge in [0.25, 0.3) is 5.91 Å². The predicted octanol–water partition coefficient (Wildman–Crippen LogP) is 3.50. The minimum Gasteiger partial charge on any atom is -0.495 e. The molecule has 0 fully saturated rings. The zero-order valence-corrected chi connectivity index (χ0v) is 16.3. The number of amides is 1. The number of carbonyl (C=O) groups excluding carboxylic acids is 1. The molecule has 2 aromatic rings. The third-order valence-corrected chi connectivity index (χ3v) is 4.79. The van der Waals surface area contributed by atoms with E-state index in [2.05, 4.69) is 10.5 Å². The minimum atomic E-state index is -0.508. The van der Waals surface area contributed by atoms with Crippen molar-refractivity contribution in [3.8, 4) is 5.75 Å². The molecule has 0 spiro atoms. The maximum Gasteiger partial charge on any atom is 0.276 e. The van der Waals surface area contributed by atoms with Crippen molar-refractivity contribution in [3.05, 3.63) is 51.5 Å². The van der Waals surface area contributed by atoms with E-state index < -0.39 is 5.91 Å². The molecule has 3 rings (SSSR count). The van der Waals surface area contributed by atoms with E-state index >= 15 is 0 Å². The van der Waals surface area contributed by atoms with Gasteiger partial charge < -0.3 is 15.4 Å². The summed E-state index contributed by atoms with van der Waals surface area (Å²) in [5.74, 6) is 0.218. The molecule has 0 aliphatic carbocycles. The van der Waals surface area contributed by atoms with Crippen molar-refractivity contribution in [3.63, 3.8) is 0 Å². The highest BCUT2D eigenvalue weighted by Gasteiger charge is 2.28. The molecular weight excluding hydrogens is 391 g/mol. The fourth-order valence-electron chi connectivity index (χ4n) is 2.77. The molecule has 0 atom stereocenters. The second-order valence-electron chi connectivity index (χ2n) is 5.60. The van der Waals surface area contributed by atoms with Crippen LogP contribution in [0.2, 0.25) is 10.0 Å². The van der Waals surface area contributed by atoms with Crippen molar-refractivity contribution in [1.82, 2.24) is 5.48 Å². The smallest absolute Gasteiger partial charge is 0.276 e. The number of anilines is 2. The van der Waals surface area contributed by atoms with Gasteiger partial charge >= 0.3 is 0 Å². The number of para-hydroxylation sites is 1. The van der Waals surface area contributed by atoms with Crippen LogP contribution < -0.4 is 20.9 Å². The molecule has 0 saturated heterocycles. The number of aliphatic imine (C=N–C) groups is 1. The van der Waals surface area contributed by atoms with Crippen LogP contribution in [-0.2, 0) is 4.84 Å². The van der Waals surface area contributed by atoms with E-state index in [0.29, 0.717) is 23.9 Å². The standard InChI is InChI=1S/C18H18Cl2N4O3/c1-3-27-23-18(25)11-8-13(26-2)15(20)16(14(11)19)24-9-22-17(21)10-6-4-5-7-12(10)24/h4-8H,3,9H2,1-2H3,(H2,21,22)(H,23,25). The number of hydrogen-bond donors (Lipinski definition) is 2. The SMILES string of the molecule is CCONC(=O)c1cc(OC)c(Cl)c(N2CN=C(N)c3ccccc32)c1Cl. The Balaban J connectivity index is 2.17. The maximum atomic E-state index is 12.5. The number of benzene rings is 2. The lowest BCUT2D eigenvalue weighted by Gasteiger charge is -2.31. The van der Waals surface area contributed by atoms with E-state index in [-0.39, 0.29) is 22.3 Å². The van der Waals surface area contributed by atoms with E-state index in [1.165, 1.54) is 13.2 Å². The molecule has 3 N–H and O–H groups in total. The van der Waals surface area contributed by atoms with Gasteiger partial charge in [0.2, 0.25) is 0 Å². The molecule has 9 heteroatoms. The average Bonchev–Trinajstić information content (AvgIpc) is 2.68. The van der Waals surface area contributed by atoms with Crippen LogP contribution >= 0.6 is 23.2 Å². The van der Waals surface area contributed by atoms with E-state index in [1.54, 1.807) is 11.8 Å². The molecular formula is C18H18Cl2N4O3. The Labute approximate surface area is 166 Å². The molecule has 0 aromatic heterocycles. The summed E-state index contributed by atoms with van der Waals surface area (Å²) in [4.78, 5) is 23.5. The lowest BCUT2D eigenvalue weighted by atomic mass is 10.1. The molecule has 0 radical (unpaired) electrons. The third kappa shape index (κ3) is 3.53. The summed E-state index contributed by atoms with van der Waals surface area (Å²) in [6, 6.07) is 8.93. The largest absolute Gasteiger partial charge is 0.495 e. The van der Waals surface area contributed by atoms with Crippen LogP contribution in [-0.4, -0.2) is 32.1 Å². The quantitative estimate of drug-likeness (QED) is 0.738. The van der Waals surface area contributed by atoms with Crippen LogP contribution in [0.1, 0.15) is 22.8 Å².